The average Bonchev–Trinajstić information content (AvgIpc) is 2.63. The minimum atomic E-state index is -0.914. The molecule has 0 unspecified atom stereocenters. The predicted octanol–water partition coefficient (Wildman–Crippen LogP) is 3.04. The molecule has 0 radical (unpaired) electrons. The fourth-order valence-corrected chi connectivity index (χ4v) is 2.96. The van der Waals surface area contributed by atoms with E-state index in [4.69, 9.17) is 5.11 Å². The van der Waals surface area contributed by atoms with Gasteiger partial charge in [-0.15, -0.1) is 12.4 Å². The number of carboxylic acids is 1. The first-order valence-corrected chi connectivity index (χ1v) is 8.07. The molecule has 0 aromatic heterocycles. The van der Waals surface area contributed by atoms with Gasteiger partial charge in [0.2, 0.25) is 0 Å². The molecule has 1 aliphatic heterocycles. The van der Waals surface area contributed by atoms with Crippen molar-refractivity contribution in [3.8, 4) is 0 Å². The Morgan fingerprint density at radius 1 is 1.00 bits per heavy atom. The molecule has 1 saturated heterocycles. The Kier molecular flexibility index (Phi) is 6.54. The molecule has 0 amide bonds. The van der Waals surface area contributed by atoms with Crippen LogP contribution in [0.2, 0.25) is 0 Å². The number of hydrogen-bond acceptors (Lipinski definition) is 5. The maximum Gasteiger partial charge on any atom is 0.335 e. The summed E-state index contributed by atoms with van der Waals surface area (Å²) in [6.07, 6.45) is 0. The Bertz CT molecular complexity index is 757. The SMILES string of the molecule is Cl.O=C(O)c1ccc(CN2CCN(c3ccc([N+](=O)[O-])cc3)CC2)cc1. The van der Waals surface area contributed by atoms with Crippen LogP contribution in [0.3, 0.4) is 0 Å². The van der Waals surface area contributed by atoms with Crippen LogP contribution in [0.4, 0.5) is 11.4 Å². The molecule has 0 aliphatic carbocycles. The summed E-state index contributed by atoms with van der Waals surface area (Å²) < 4.78 is 0. The third-order valence-electron chi connectivity index (χ3n) is 4.41. The van der Waals surface area contributed by atoms with Gasteiger partial charge < -0.3 is 10.0 Å². The number of carbonyl (C=O) groups is 1. The van der Waals surface area contributed by atoms with E-state index < -0.39 is 10.9 Å². The van der Waals surface area contributed by atoms with Gasteiger partial charge in [-0.05, 0) is 29.8 Å². The van der Waals surface area contributed by atoms with Crippen molar-refractivity contribution in [3.05, 3.63) is 69.8 Å². The van der Waals surface area contributed by atoms with Gasteiger partial charge in [0.05, 0.1) is 10.5 Å². The van der Waals surface area contributed by atoms with Crippen LogP contribution < -0.4 is 4.90 Å². The van der Waals surface area contributed by atoms with Crippen molar-refractivity contribution in [2.24, 2.45) is 0 Å². The number of halogens is 1. The number of benzene rings is 2. The van der Waals surface area contributed by atoms with E-state index in [2.05, 4.69) is 9.80 Å². The highest BCUT2D eigenvalue weighted by molar-refractivity contribution is 5.87. The Labute approximate surface area is 157 Å². The van der Waals surface area contributed by atoms with E-state index in [1.807, 2.05) is 12.1 Å². The van der Waals surface area contributed by atoms with Gasteiger partial charge in [0.15, 0.2) is 0 Å². The van der Waals surface area contributed by atoms with Crippen LogP contribution in [0.5, 0.6) is 0 Å². The minimum Gasteiger partial charge on any atom is -0.478 e. The van der Waals surface area contributed by atoms with E-state index in [1.54, 1.807) is 24.3 Å². The normalized spacial score (nSPS) is 14.5. The zero-order chi connectivity index (χ0) is 17.8. The second-order valence-corrected chi connectivity index (χ2v) is 6.04. The van der Waals surface area contributed by atoms with Crippen LogP contribution in [-0.2, 0) is 6.54 Å². The number of rotatable bonds is 5. The largest absolute Gasteiger partial charge is 0.478 e. The van der Waals surface area contributed by atoms with Crippen LogP contribution in [0.25, 0.3) is 0 Å². The van der Waals surface area contributed by atoms with E-state index >= 15 is 0 Å². The summed E-state index contributed by atoms with van der Waals surface area (Å²) in [5, 5.41) is 19.6. The zero-order valence-corrected chi connectivity index (χ0v) is 14.9. The number of nitrogens with zero attached hydrogens (tertiary/aromatic N) is 3. The van der Waals surface area contributed by atoms with Gasteiger partial charge in [0.1, 0.15) is 0 Å². The number of carboxylic acid groups (broad SMARTS) is 1. The highest BCUT2D eigenvalue weighted by Gasteiger charge is 2.18. The van der Waals surface area contributed by atoms with Crippen molar-refractivity contribution < 1.29 is 14.8 Å². The summed E-state index contributed by atoms with van der Waals surface area (Å²) in [5.74, 6) is -0.914. The molecule has 0 saturated carbocycles. The van der Waals surface area contributed by atoms with Crippen LogP contribution in [0.1, 0.15) is 15.9 Å². The maximum absolute atomic E-state index is 10.9. The molecule has 2 aromatic carbocycles. The fourth-order valence-electron chi connectivity index (χ4n) is 2.96. The van der Waals surface area contributed by atoms with Crippen molar-refractivity contribution in [1.82, 2.24) is 4.90 Å². The highest BCUT2D eigenvalue weighted by atomic mass is 35.5. The number of nitro groups is 1. The van der Waals surface area contributed by atoms with Crippen molar-refractivity contribution in [2.45, 2.75) is 6.54 Å². The number of piperazine rings is 1. The minimum absolute atomic E-state index is 0. The van der Waals surface area contributed by atoms with E-state index in [0.717, 1.165) is 44.0 Å². The number of aromatic carboxylic acids is 1. The van der Waals surface area contributed by atoms with Crippen LogP contribution in [-0.4, -0.2) is 47.1 Å². The molecule has 2 aromatic rings. The van der Waals surface area contributed by atoms with Gasteiger partial charge in [-0.3, -0.25) is 15.0 Å². The van der Waals surface area contributed by atoms with Crippen molar-refractivity contribution in [1.29, 1.82) is 0 Å². The van der Waals surface area contributed by atoms with Crippen LogP contribution in [0, 0.1) is 10.1 Å². The predicted molar refractivity (Wildman–Crippen MR) is 101 cm³/mol. The van der Waals surface area contributed by atoms with Crippen LogP contribution in [0.15, 0.2) is 48.5 Å². The van der Waals surface area contributed by atoms with Gasteiger partial charge in [-0.2, -0.15) is 0 Å². The topological polar surface area (TPSA) is 86.9 Å². The molecule has 1 N–H and O–H groups in total. The molecule has 0 spiro atoms. The highest BCUT2D eigenvalue weighted by Crippen LogP contribution is 2.21. The number of nitro benzene ring substituents is 1. The maximum atomic E-state index is 10.9. The standard InChI is InChI=1S/C18H19N3O4.ClH/c22-18(23)15-3-1-14(2-4-15)13-19-9-11-20(12-10-19)16-5-7-17(8-6-16)21(24)25;/h1-8H,9-13H2,(H,22,23);1H. The average molecular weight is 378 g/mol. The summed E-state index contributed by atoms with van der Waals surface area (Å²) in [6, 6.07) is 13.6. The molecule has 1 heterocycles. The molecule has 8 heteroatoms. The molecule has 1 fully saturated rings. The van der Waals surface area contributed by atoms with Crippen molar-refractivity contribution in [3.63, 3.8) is 0 Å². The Morgan fingerprint density at radius 2 is 1.58 bits per heavy atom. The third kappa shape index (κ3) is 4.71. The van der Waals surface area contributed by atoms with E-state index in [-0.39, 0.29) is 18.1 Å². The van der Waals surface area contributed by atoms with Gasteiger partial charge in [0, 0.05) is 50.5 Å². The number of hydrogen-bond donors (Lipinski definition) is 1. The smallest absolute Gasteiger partial charge is 0.335 e. The Morgan fingerprint density at radius 3 is 2.08 bits per heavy atom. The van der Waals surface area contributed by atoms with Gasteiger partial charge in [-0.25, -0.2) is 4.79 Å². The third-order valence-corrected chi connectivity index (χ3v) is 4.41. The first-order chi connectivity index (χ1) is 12.0. The van der Waals surface area contributed by atoms with E-state index in [0.29, 0.717) is 5.56 Å². The molecular formula is C18H20ClN3O4. The molecule has 26 heavy (non-hydrogen) atoms. The zero-order valence-electron chi connectivity index (χ0n) is 14.1. The molecule has 0 bridgehead atoms. The van der Waals surface area contributed by atoms with Gasteiger partial charge >= 0.3 is 5.97 Å². The monoisotopic (exact) mass is 377 g/mol. The summed E-state index contributed by atoms with van der Waals surface area (Å²) in [6.45, 7) is 4.26. The lowest BCUT2D eigenvalue weighted by Crippen LogP contribution is -2.45. The van der Waals surface area contributed by atoms with Crippen molar-refractivity contribution in [2.75, 3.05) is 31.1 Å². The van der Waals surface area contributed by atoms with Crippen molar-refractivity contribution >= 4 is 29.8 Å². The molecule has 1 aliphatic rings. The van der Waals surface area contributed by atoms with Gasteiger partial charge in [0.25, 0.3) is 5.69 Å². The summed E-state index contributed by atoms with van der Waals surface area (Å²) in [7, 11) is 0. The van der Waals surface area contributed by atoms with E-state index in [1.165, 1.54) is 12.1 Å². The number of non-ortho nitro benzene ring substituents is 1. The molecular weight excluding hydrogens is 358 g/mol. The van der Waals surface area contributed by atoms with Gasteiger partial charge in [-0.1, -0.05) is 12.1 Å². The molecule has 138 valence electrons. The lowest BCUT2D eigenvalue weighted by atomic mass is 10.1. The fraction of sp³-hybridized carbons (Fsp3) is 0.278. The second-order valence-electron chi connectivity index (χ2n) is 6.04. The summed E-state index contributed by atoms with van der Waals surface area (Å²) in [5.41, 5.74) is 2.49. The molecule has 3 rings (SSSR count). The lowest BCUT2D eigenvalue weighted by Gasteiger charge is -2.36. The summed E-state index contributed by atoms with van der Waals surface area (Å²) >= 11 is 0. The van der Waals surface area contributed by atoms with Crippen LogP contribution >= 0.6 is 12.4 Å². The Hall–Kier alpha value is -2.64. The first kappa shape index (κ1) is 19.7. The van der Waals surface area contributed by atoms with E-state index in [9.17, 15) is 14.9 Å². The first-order valence-electron chi connectivity index (χ1n) is 8.07. The second kappa shape index (κ2) is 8.64. The summed E-state index contributed by atoms with van der Waals surface area (Å²) in [4.78, 5) is 25.7. The molecule has 7 nitrogen and oxygen atoms in total. The lowest BCUT2D eigenvalue weighted by molar-refractivity contribution is -0.384. The quantitative estimate of drug-likeness (QED) is 0.636. The number of anilines is 1. The molecule has 0 atom stereocenters. The Balaban J connectivity index is 0.00000243.